The highest BCUT2D eigenvalue weighted by Gasteiger charge is 2.07. The molecule has 0 fully saturated rings. The molecular formula is C9H15ClN4O. The first-order valence-corrected chi connectivity index (χ1v) is 5.34. The molecule has 0 aliphatic carbocycles. The van der Waals surface area contributed by atoms with Gasteiger partial charge in [-0.15, -0.1) is 0 Å². The predicted molar refractivity (Wildman–Crippen MR) is 59.4 cm³/mol. The molecule has 1 unspecified atom stereocenters. The SMILES string of the molecule is CCOc1nc(Cl)nc(NC(C)CC)n1. The Morgan fingerprint density at radius 1 is 1.33 bits per heavy atom. The molecule has 0 aromatic carbocycles. The van der Waals surface area contributed by atoms with Crippen LogP contribution < -0.4 is 10.1 Å². The average molecular weight is 231 g/mol. The molecule has 15 heavy (non-hydrogen) atoms. The molecule has 1 N–H and O–H groups in total. The highest BCUT2D eigenvalue weighted by Crippen LogP contribution is 2.12. The summed E-state index contributed by atoms with van der Waals surface area (Å²) in [7, 11) is 0. The van der Waals surface area contributed by atoms with Crippen LogP contribution in [0.2, 0.25) is 5.28 Å². The fourth-order valence-electron chi connectivity index (χ4n) is 0.913. The molecule has 6 heteroatoms. The van der Waals surface area contributed by atoms with Crippen LogP contribution in [-0.4, -0.2) is 27.6 Å². The average Bonchev–Trinajstić information content (AvgIpc) is 2.17. The summed E-state index contributed by atoms with van der Waals surface area (Å²) in [5, 5.41) is 3.24. The normalized spacial score (nSPS) is 12.3. The van der Waals surface area contributed by atoms with Gasteiger partial charge in [-0.3, -0.25) is 0 Å². The van der Waals surface area contributed by atoms with Gasteiger partial charge >= 0.3 is 6.01 Å². The molecule has 0 aliphatic rings. The summed E-state index contributed by atoms with van der Waals surface area (Å²) in [6.45, 7) is 6.48. The quantitative estimate of drug-likeness (QED) is 0.840. The minimum absolute atomic E-state index is 0.138. The van der Waals surface area contributed by atoms with E-state index in [2.05, 4.69) is 27.2 Å². The van der Waals surface area contributed by atoms with Crippen molar-refractivity contribution in [1.29, 1.82) is 0 Å². The fourth-order valence-corrected chi connectivity index (χ4v) is 1.06. The van der Waals surface area contributed by atoms with Crippen LogP contribution in [-0.2, 0) is 0 Å². The molecule has 0 spiro atoms. The van der Waals surface area contributed by atoms with Crippen molar-refractivity contribution in [2.75, 3.05) is 11.9 Å². The van der Waals surface area contributed by atoms with Gasteiger partial charge in [0.05, 0.1) is 6.61 Å². The van der Waals surface area contributed by atoms with Crippen molar-refractivity contribution in [3.63, 3.8) is 0 Å². The Morgan fingerprint density at radius 2 is 2.07 bits per heavy atom. The zero-order chi connectivity index (χ0) is 11.3. The summed E-state index contributed by atoms with van der Waals surface area (Å²) in [5.74, 6) is 0.452. The number of nitrogens with zero attached hydrogens (tertiary/aromatic N) is 3. The predicted octanol–water partition coefficient (Wildman–Crippen LogP) is 2.13. The fraction of sp³-hybridized carbons (Fsp3) is 0.667. The molecule has 1 aromatic heterocycles. The maximum atomic E-state index is 5.73. The minimum Gasteiger partial charge on any atom is -0.464 e. The molecule has 0 aliphatic heterocycles. The number of hydrogen-bond acceptors (Lipinski definition) is 5. The van der Waals surface area contributed by atoms with Crippen molar-refractivity contribution >= 4 is 17.5 Å². The van der Waals surface area contributed by atoms with Crippen LogP contribution in [0.3, 0.4) is 0 Å². The number of ether oxygens (including phenoxy) is 1. The van der Waals surface area contributed by atoms with Crippen molar-refractivity contribution in [3.8, 4) is 6.01 Å². The summed E-state index contributed by atoms with van der Waals surface area (Å²) < 4.78 is 5.16. The maximum Gasteiger partial charge on any atom is 0.322 e. The van der Waals surface area contributed by atoms with Gasteiger partial charge in [0.15, 0.2) is 0 Å². The van der Waals surface area contributed by atoms with Crippen LogP contribution in [0.4, 0.5) is 5.95 Å². The van der Waals surface area contributed by atoms with E-state index in [0.717, 1.165) is 6.42 Å². The Kier molecular flexibility index (Phi) is 4.55. The largest absolute Gasteiger partial charge is 0.464 e. The Morgan fingerprint density at radius 3 is 2.67 bits per heavy atom. The van der Waals surface area contributed by atoms with Crippen molar-refractivity contribution in [2.24, 2.45) is 0 Å². The lowest BCUT2D eigenvalue weighted by molar-refractivity contribution is 0.312. The summed E-state index contributed by atoms with van der Waals surface area (Å²) in [5.41, 5.74) is 0. The van der Waals surface area contributed by atoms with Crippen molar-refractivity contribution < 1.29 is 4.74 Å². The first-order chi connectivity index (χ1) is 7.15. The van der Waals surface area contributed by atoms with Gasteiger partial charge in [-0.1, -0.05) is 6.92 Å². The second-order valence-corrected chi connectivity index (χ2v) is 3.44. The maximum absolute atomic E-state index is 5.73. The molecule has 0 saturated heterocycles. The van der Waals surface area contributed by atoms with E-state index in [9.17, 15) is 0 Å². The number of nitrogens with one attached hydrogen (secondary N) is 1. The number of halogens is 1. The molecule has 0 saturated carbocycles. The number of anilines is 1. The van der Waals surface area contributed by atoms with E-state index in [4.69, 9.17) is 16.3 Å². The molecule has 0 radical (unpaired) electrons. The zero-order valence-electron chi connectivity index (χ0n) is 9.12. The van der Waals surface area contributed by atoms with E-state index >= 15 is 0 Å². The van der Waals surface area contributed by atoms with Gasteiger partial charge in [0.1, 0.15) is 0 Å². The van der Waals surface area contributed by atoms with Gasteiger partial charge < -0.3 is 10.1 Å². The molecule has 1 rings (SSSR count). The van der Waals surface area contributed by atoms with E-state index in [1.54, 1.807) is 0 Å². The lowest BCUT2D eigenvalue weighted by Crippen LogP contribution is -2.16. The van der Waals surface area contributed by atoms with E-state index in [1.807, 2.05) is 13.8 Å². The van der Waals surface area contributed by atoms with E-state index < -0.39 is 0 Å². The van der Waals surface area contributed by atoms with Crippen molar-refractivity contribution in [2.45, 2.75) is 33.2 Å². The Hall–Kier alpha value is -1.10. The second kappa shape index (κ2) is 5.70. The number of aromatic nitrogens is 3. The standard InChI is InChI=1S/C9H15ClN4O/c1-4-6(3)11-8-12-7(10)13-9(14-8)15-5-2/h6H,4-5H2,1-3H3,(H,11,12,13,14). The van der Waals surface area contributed by atoms with Crippen LogP contribution >= 0.6 is 11.6 Å². The molecule has 0 amide bonds. The third-order valence-corrected chi connectivity index (χ3v) is 2.02. The third kappa shape index (κ3) is 3.87. The molecular weight excluding hydrogens is 216 g/mol. The zero-order valence-corrected chi connectivity index (χ0v) is 9.88. The Bertz CT molecular complexity index is 321. The minimum atomic E-state index is 0.138. The van der Waals surface area contributed by atoms with Gasteiger partial charge in [-0.2, -0.15) is 15.0 Å². The van der Waals surface area contributed by atoms with Crippen molar-refractivity contribution in [1.82, 2.24) is 15.0 Å². The highest BCUT2D eigenvalue weighted by atomic mass is 35.5. The topological polar surface area (TPSA) is 59.9 Å². The summed E-state index contributed by atoms with van der Waals surface area (Å²) in [4.78, 5) is 11.9. The number of hydrogen-bond donors (Lipinski definition) is 1. The summed E-state index contributed by atoms with van der Waals surface area (Å²) in [6, 6.07) is 0.543. The lowest BCUT2D eigenvalue weighted by Gasteiger charge is -2.11. The van der Waals surface area contributed by atoms with Crippen LogP contribution in [0.5, 0.6) is 6.01 Å². The Labute approximate surface area is 94.2 Å². The highest BCUT2D eigenvalue weighted by molar-refractivity contribution is 6.28. The number of rotatable bonds is 5. The van der Waals surface area contributed by atoms with Crippen LogP contribution in [0.1, 0.15) is 27.2 Å². The summed E-state index contributed by atoms with van der Waals surface area (Å²) >= 11 is 5.73. The lowest BCUT2D eigenvalue weighted by atomic mass is 10.3. The Balaban J connectivity index is 2.78. The first kappa shape index (κ1) is 12.0. The molecule has 1 aromatic rings. The van der Waals surface area contributed by atoms with Crippen molar-refractivity contribution in [3.05, 3.63) is 5.28 Å². The van der Waals surface area contributed by atoms with Crippen LogP contribution in [0.25, 0.3) is 0 Å². The second-order valence-electron chi connectivity index (χ2n) is 3.10. The first-order valence-electron chi connectivity index (χ1n) is 4.96. The van der Waals surface area contributed by atoms with Crippen LogP contribution in [0, 0.1) is 0 Å². The molecule has 84 valence electrons. The van der Waals surface area contributed by atoms with Gasteiger partial charge in [0.25, 0.3) is 0 Å². The van der Waals surface area contributed by atoms with E-state index in [0.29, 0.717) is 12.6 Å². The molecule has 5 nitrogen and oxygen atoms in total. The van der Waals surface area contributed by atoms with E-state index in [1.165, 1.54) is 0 Å². The van der Waals surface area contributed by atoms with Gasteiger partial charge in [-0.05, 0) is 31.9 Å². The molecule has 0 bridgehead atoms. The van der Waals surface area contributed by atoms with Gasteiger partial charge in [-0.25, -0.2) is 0 Å². The molecule has 1 atom stereocenters. The van der Waals surface area contributed by atoms with E-state index in [-0.39, 0.29) is 17.3 Å². The third-order valence-electron chi connectivity index (χ3n) is 1.85. The van der Waals surface area contributed by atoms with Gasteiger partial charge in [0.2, 0.25) is 11.2 Å². The smallest absolute Gasteiger partial charge is 0.322 e. The monoisotopic (exact) mass is 230 g/mol. The molecule has 1 heterocycles. The summed E-state index contributed by atoms with van der Waals surface area (Å²) in [6.07, 6.45) is 0.979. The van der Waals surface area contributed by atoms with Gasteiger partial charge in [0, 0.05) is 6.04 Å². The van der Waals surface area contributed by atoms with Crippen LogP contribution in [0.15, 0.2) is 0 Å².